The molecule has 2 aromatic heterocycles. The topological polar surface area (TPSA) is 91.8 Å². The van der Waals surface area contributed by atoms with Crippen LogP contribution in [-0.2, 0) is 11.3 Å². The van der Waals surface area contributed by atoms with Crippen molar-refractivity contribution in [3.8, 4) is 11.3 Å². The Labute approximate surface area is 243 Å². The van der Waals surface area contributed by atoms with Crippen LogP contribution in [0.1, 0.15) is 49.8 Å². The zero-order valence-corrected chi connectivity index (χ0v) is 23.5. The van der Waals surface area contributed by atoms with Crippen molar-refractivity contribution in [2.45, 2.75) is 56.9 Å². The van der Waals surface area contributed by atoms with E-state index >= 15 is 0 Å². The number of hydrogen-bond donors (Lipinski definition) is 2. The van der Waals surface area contributed by atoms with Gasteiger partial charge in [-0.15, -0.1) is 0 Å². The van der Waals surface area contributed by atoms with E-state index in [1.807, 2.05) is 12.1 Å². The molecule has 1 atom stereocenters. The van der Waals surface area contributed by atoms with Gasteiger partial charge in [0, 0.05) is 42.9 Å². The molecule has 1 aromatic carbocycles. The Balaban J connectivity index is 1.09. The van der Waals surface area contributed by atoms with E-state index in [1.165, 1.54) is 30.7 Å². The maximum atomic E-state index is 13.2. The maximum absolute atomic E-state index is 13.2. The number of nitrogens with zero attached hydrogens (tertiary/aromatic N) is 5. The van der Waals surface area contributed by atoms with Crippen molar-refractivity contribution in [1.29, 1.82) is 0 Å². The third kappa shape index (κ3) is 5.80. The predicted molar refractivity (Wildman–Crippen MR) is 155 cm³/mol. The van der Waals surface area contributed by atoms with Gasteiger partial charge in [-0.2, -0.15) is 18.3 Å². The molecular weight excluding hydrogens is 543 g/mol. The number of likely N-dealkylation sites (tertiary alicyclic amines) is 2. The summed E-state index contributed by atoms with van der Waals surface area (Å²) in [5.41, 5.74) is 7.35. The normalized spacial score (nSPS) is 22.6. The summed E-state index contributed by atoms with van der Waals surface area (Å²) in [5.74, 6) is 0.499. The average molecular weight is 580 g/mol. The molecule has 0 bridgehead atoms. The van der Waals surface area contributed by atoms with Gasteiger partial charge in [-0.25, -0.2) is 9.50 Å². The summed E-state index contributed by atoms with van der Waals surface area (Å²) in [7, 11) is 0. The minimum atomic E-state index is -4.63. The lowest BCUT2D eigenvalue weighted by atomic mass is 9.94. The summed E-state index contributed by atoms with van der Waals surface area (Å²) in [5, 5.41) is 6.91. The van der Waals surface area contributed by atoms with Gasteiger partial charge in [0.05, 0.1) is 17.6 Å². The number of amides is 1. The summed E-state index contributed by atoms with van der Waals surface area (Å²) in [4.78, 5) is 22.0. The van der Waals surface area contributed by atoms with Crippen molar-refractivity contribution in [2.24, 2.45) is 11.7 Å². The molecule has 3 aliphatic rings. The van der Waals surface area contributed by atoms with Gasteiger partial charge in [-0.05, 0) is 62.5 Å². The Morgan fingerprint density at radius 3 is 2.36 bits per heavy atom. The van der Waals surface area contributed by atoms with Crippen LogP contribution in [0.3, 0.4) is 0 Å². The minimum absolute atomic E-state index is 0.146. The smallest absolute Gasteiger partial charge is 0.362 e. The SMILES string of the molecule is NC1(C(F)(F)F)C=CC(c2ccc3ncc(-c4ccc(CN5CCC(C(=O)N6CCCCCC6)CC5)cc4)n3n2)=CN1. The number of nitrogens with two attached hydrogens (primary N) is 1. The second-order valence-electron chi connectivity index (χ2n) is 11.6. The van der Waals surface area contributed by atoms with Gasteiger partial charge in [0.15, 0.2) is 5.65 Å². The molecule has 3 aromatic rings. The Morgan fingerprint density at radius 2 is 1.71 bits per heavy atom. The molecule has 5 heterocycles. The first-order valence-electron chi connectivity index (χ1n) is 14.7. The summed E-state index contributed by atoms with van der Waals surface area (Å²) in [6, 6.07) is 11.8. The predicted octanol–water partition coefficient (Wildman–Crippen LogP) is 4.73. The summed E-state index contributed by atoms with van der Waals surface area (Å²) in [6.45, 7) is 4.49. The molecular formula is C31H36F3N7O. The first-order valence-corrected chi connectivity index (χ1v) is 14.7. The molecule has 0 radical (unpaired) electrons. The van der Waals surface area contributed by atoms with Gasteiger partial charge < -0.3 is 10.2 Å². The number of fused-ring (bicyclic) bond motifs is 1. The van der Waals surface area contributed by atoms with E-state index in [0.717, 1.165) is 75.7 Å². The van der Waals surface area contributed by atoms with Crippen LogP contribution in [0, 0.1) is 5.92 Å². The number of rotatable bonds is 5. The highest BCUT2D eigenvalue weighted by molar-refractivity contribution is 5.79. The van der Waals surface area contributed by atoms with Crippen molar-refractivity contribution in [2.75, 3.05) is 26.2 Å². The van der Waals surface area contributed by atoms with Gasteiger partial charge >= 0.3 is 6.18 Å². The Bertz CT molecular complexity index is 1480. The molecule has 3 aliphatic heterocycles. The molecule has 3 N–H and O–H groups in total. The number of carbonyl (C=O) groups excluding carboxylic acids is 1. The molecule has 0 aliphatic carbocycles. The minimum Gasteiger partial charge on any atom is -0.362 e. The molecule has 42 heavy (non-hydrogen) atoms. The number of hydrogen-bond acceptors (Lipinski definition) is 6. The largest absolute Gasteiger partial charge is 0.428 e. The van der Waals surface area contributed by atoms with Crippen LogP contribution in [0.2, 0.25) is 0 Å². The molecule has 11 heteroatoms. The highest BCUT2D eigenvalue weighted by Gasteiger charge is 2.50. The number of piperidine rings is 1. The molecule has 6 rings (SSSR count). The van der Waals surface area contributed by atoms with E-state index in [1.54, 1.807) is 22.8 Å². The first-order chi connectivity index (χ1) is 20.2. The molecule has 8 nitrogen and oxygen atoms in total. The fraction of sp³-hybridized carbons (Fsp3) is 0.452. The van der Waals surface area contributed by atoms with Crippen LogP contribution in [-0.4, -0.2) is 68.3 Å². The summed E-state index contributed by atoms with van der Waals surface area (Å²) in [6.07, 6.45) is 7.11. The third-order valence-electron chi connectivity index (χ3n) is 8.63. The second-order valence-corrected chi connectivity index (χ2v) is 11.6. The van der Waals surface area contributed by atoms with Gasteiger partial charge in [0.1, 0.15) is 0 Å². The molecule has 2 saturated heterocycles. The van der Waals surface area contributed by atoms with E-state index in [0.29, 0.717) is 22.8 Å². The van der Waals surface area contributed by atoms with E-state index in [2.05, 4.69) is 37.3 Å². The van der Waals surface area contributed by atoms with E-state index < -0.39 is 11.8 Å². The van der Waals surface area contributed by atoms with E-state index in [-0.39, 0.29) is 5.92 Å². The monoisotopic (exact) mass is 579 g/mol. The fourth-order valence-electron chi connectivity index (χ4n) is 6.00. The highest BCUT2D eigenvalue weighted by atomic mass is 19.4. The van der Waals surface area contributed by atoms with Crippen LogP contribution in [0.5, 0.6) is 0 Å². The van der Waals surface area contributed by atoms with Crippen molar-refractivity contribution in [3.05, 3.63) is 72.2 Å². The van der Waals surface area contributed by atoms with Gasteiger partial charge in [0.25, 0.3) is 0 Å². The quantitative estimate of drug-likeness (QED) is 0.454. The Hall–Kier alpha value is -3.70. The number of dihydropyridines is 1. The molecule has 0 spiro atoms. The Kier molecular flexibility index (Phi) is 7.80. The van der Waals surface area contributed by atoms with Crippen molar-refractivity contribution in [1.82, 2.24) is 29.7 Å². The van der Waals surface area contributed by atoms with E-state index in [9.17, 15) is 18.0 Å². The number of imidazole rings is 1. The van der Waals surface area contributed by atoms with Crippen LogP contribution >= 0.6 is 0 Å². The molecule has 0 saturated carbocycles. The standard InChI is InChI=1S/C31H36F3N7O/c32-31(33,34)30(35)14-11-25(19-37-30)26-9-10-28-36-20-27(41(28)38-26)23-7-5-22(6-8-23)21-39-17-12-24(13-18-39)29(42)40-15-3-1-2-4-16-40/h5-11,14,19-20,24,37H,1-4,12-13,15-18,21,35H2. The van der Waals surface area contributed by atoms with Gasteiger partial charge in [0.2, 0.25) is 11.6 Å². The molecule has 1 unspecified atom stereocenters. The third-order valence-corrected chi connectivity index (χ3v) is 8.63. The zero-order chi connectivity index (χ0) is 29.3. The van der Waals surface area contributed by atoms with Gasteiger partial charge in [-0.1, -0.05) is 43.2 Å². The lowest BCUT2D eigenvalue weighted by Crippen LogP contribution is -2.61. The number of allylic oxidation sites excluding steroid dienone is 2. The maximum Gasteiger partial charge on any atom is 0.428 e. The zero-order valence-electron chi connectivity index (χ0n) is 23.5. The van der Waals surface area contributed by atoms with Crippen LogP contribution < -0.4 is 11.1 Å². The highest BCUT2D eigenvalue weighted by Crippen LogP contribution is 2.31. The van der Waals surface area contributed by atoms with E-state index in [4.69, 9.17) is 5.73 Å². The average Bonchev–Trinajstić information content (AvgIpc) is 3.22. The Morgan fingerprint density at radius 1 is 1.00 bits per heavy atom. The van der Waals surface area contributed by atoms with Gasteiger partial charge in [-0.3, -0.25) is 15.4 Å². The molecule has 2 fully saturated rings. The second kappa shape index (κ2) is 11.5. The lowest BCUT2D eigenvalue weighted by molar-refractivity contribution is -0.177. The number of nitrogens with one attached hydrogen (secondary N) is 1. The number of carbonyl (C=O) groups is 1. The number of aromatic nitrogens is 3. The molecule has 1 amide bonds. The molecule has 222 valence electrons. The summed E-state index contributed by atoms with van der Waals surface area (Å²) >= 11 is 0. The fourth-order valence-corrected chi connectivity index (χ4v) is 6.00. The number of halogens is 3. The first kappa shape index (κ1) is 28.4. The van der Waals surface area contributed by atoms with Crippen molar-refractivity contribution in [3.63, 3.8) is 0 Å². The number of benzene rings is 1. The number of alkyl halides is 3. The summed E-state index contributed by atoms with van der Waals surface area (Å²) < 4.78 is 41.4. The van der Waals surface area contributed by atoms with Crippen LogP contribution in [0.4, 0.5) is 13.2 Å². The lowest BCUT2D eigenvalue weighted by Gasteiger charge is -2.34. The van der Waals surface area contributed by atoms with Crippen LogP contribution in [0.15, 0.2) is 60.9 Å². The van der Waals surface area contributed by atoms with Crippen LogP contribution in [0.25, 0.3) is 22.5 Å². The van der Waals surface area contributed by atoms with Crippen molar-refractivity contribution < 1.29 is 18.0 Å². The van der Waals surface area contributed by atoms with Crippen molar-refractivity contribution >= 4 is 17.1 Å².